The van der Waals surface area contributed by atoms with Crippen LogP contribution in [0.5, 0.6) is 5.75 Å². The van der Waals surface area contributed by atoms with Crippen LogP contribution < -0.4 is 10.1 Å². The number of benzene rings is 1. The molecule has 1 aromatic carbocycles. The highest BCUT2D eigenvalue weighted by atomic mass is 16.5. The molecule has 0 saturated heterocycles. The van der Waals surface area contributed by atoms with Gasteiger partial charge in [-0.05, 0) is 36.5 Å². The summed E-state index contributed by atoms with van der Waals surface area (Å²) >= 11 is 0. The van der Waals surface area contributed by atoms with Crippen molar-refractivity contribution < 1.29 is 19.4 Å². The average Bonchev–Trinajstić information content (AvgIpc) is 2.52. The monoisotopic (exact) mass is 321 g/mol. The molecule has 0 spiro atoms. The van der Waals surface area contributed by atoms with E-state index in [1.807, 2.05) is 0 Å². The summed E-state index contributed by atoms with van der Waals surface area (Å²) in [6.07, 6.45) is 2.48. The van der Waals surface area contributed by atoms with E-state index >= 15 is 0 Å². The molecule has 0 radical (unpaired) electrons. The Bertz CT molecular complexity index is 540. The second kappa shape index (κ2) is 9.18. The molecule has 1 rings (SSSR count). The van der Waals surface area contributed by atoms with Crippen LogP contribution >= 0.6 is 0 Å². The van der Waals surface area contributed by atoms with E-state index in [-0.39, 0.29) is 17.4 Å². The molecule has 0 saturated carbocycles. The molecule has 1 amide bonds. The number of hydrogen-bond acceptors (Lipinski definition) is 3. The van der Waals surface area contributed by atoms with Gasteiger partial charge in [-0.1, -0.05) is 33.3 Å². The molecule has 0 aliphatic carbocycles. The van der Waals surface area contributed by atoms with Crippen molar-refractivity contribution in [2.45, 2.75) is 40.0 Å². The molecule has 128 valence electrons. The molecule has 23 heavy (non-hydrogen) atoms. The summed E-state index contributed by atoms with van der Waals surface area (Å²) in [7, 11) is 1.51. The van der Waals surface area contributed by atoms with Crippen molar-refractivity contribution in [3.63, 3.8) is 0 Å². The van der Waals surface area contributed by atoms with Crippen LogP contribution in [0.3, 0.4) is 0 Å². The summed E-state index contributed by atoms with van der Waals surface area (Å²) in [5, 5.41) is 12.0. The maximum absolute atomic E-state index is 12.2. The lowest BCUT2D eigenvalue weighted by Crippen LogP contribution is -2.34. The Morgan fingerprint density at radius 2 is 2.00 bits per heavy atom. The largest absolute Gasteiger partial charge is 0.496 e. The molecular weight excluding hydrogens is 294 g/mol. The van der Waals surface area contributed by atoms with Gasteiger partial charge >= 0.3 is 5.97 Å². The third kappa shape index (κ3) is 5.58. The van der Waals surface area contributed by atoms with Crippen LogP contribution in [0.15, 0.2) is 18.2 Å². The van der Waals surface area contributed by atoms with Gasteiger partial charge in [0.15, 0.2) is 0 Å². The molecule has 5 nitrogen and oxygen atoms in total. The predicted molar refractivity (Wildman–Crippen MR) is 89.9 cm³/mol. The number of carbonyl (C=O) groups is 2. The number of carboxylic acid groups (broad SMARTS) is 1. The van der Waals surface area contributed by atoms with Crippen LogP contribution in [0, 0.1) is 11.8 Å². The number of carboxylic acids is 1. The lowest BCUT2D eigenvalue weighted by molar-refractivity contribution is -0.126. The summed E-state index contributed by atoms with van der Waals surface area (Å²) in [5.41, 5.74) is 1.08. The van der Waals surface area contributed by atoms with Gasteiger partial charge in [-0.15, -0.1) is 0 Å². The normalized spacial score (nSPS) is 12.0. The maximum atomic E-state index is 12.2. The Kier molecular flexibility index (Phi) is 7.59. The number of carbonyl (C=O) groups excluding carboxylic acids is 1. The predicted octanol–water partition coefficient (Wildman–Crippen LogP) is 3.12. The number of nitrogens with one attached hydrogen (secondary N) is 1. The van der Waals surface area contributed by atoms with E-state index in [1.165, 1.54) is 13.2 Å². The smallest absolute Gasteiger partial charge is 0.335 e. The van der Waals surface area contributed by atoms with Crippen molar-refractivity contribution in [3.05, 3.63) is 29.3 Å². The molecule has 1 unspecified atom stereocenters. The lowest BCUT2D eigenvalue weighted by Gasteiger charge is -2.19. The minimum absolute atomic E-state index is 0.0382. The van der Waals surface area contributed by atoms with Crippen molar-refractivity contribution in [1.29, 1.82) is 0 Å². The molecule has 0 aromatic heterocycles. The molecule has 2 N–H and O–H groups in total. The molecule has 1 atom stereocenters. The van der Waals surface area contributed by atoms with E-state index in [0.717, 1.165) is 18.4 Å². The standard InChI is InChI=1S/C18H27NO4/c1-5-6-15(12(2)3)17(20)19-10-9-13-7-8-14(18(21)22)11-16(13)23-4/h7-8,11-12,15H,5-6,9-10H2,1-4H3,(H,19,20)(H,21,22). The second-order valence-electron chi connectivity index (χ2n) is 6.01. The SMILES string of the molecule is CCCC(C(=O)NCCc1ccc(C(=O)O)cc1OC)C(C)C. The number of ether oxygens (including phenoxy) is 1. The third-order valence-corrected chi connectivity index (χ3v) is 3.97. The van der Waals surface area contributed by atoms with Crippen LogP contribution in [0.25, 0.3) is 0 Å². The summed E-state index contributed by atoms with van der Waals surface area (Å²) < 4.78 is 5.24. The van der Waals surface area contributed by atoms with Gasteiger partial charge in [0.25, 0.3) is 0 Å². The maximum Gasteiger partial charge on any atom is 0.335 e. The Morgan fingerprint density at radius 3 is 2.52 bits per heavy atom. The minimum Gasteiger partial charge on any atom is -0.496 e. The first-order chi connectivity index (χ1) is 10.9. The zero-order chi connectivity index (χ0) is 17.4. The fourth-order valence-electron chi connectivity index (χ4n) is 2.61. The average molecular weight is 321 g/mol. The van der Waals surface area contributed by atoms with Gasteiger partial charge in [0.2, 0.25) is 5.91 Å². The van der Waals surface area contributed by atoms with E-state index < -0.39 is 5.97 Å². The molecule has 1 aromatic rings. The van der Waals surface area contributed by atoms with Gasteiger partial charge in [-0.2, -0.15) is 0 Å². The first-order valence-electron chi connectivity index (χ1n) is 8.08. The van der Waals surface area contributed by atoms with Crippen LogP contribution in [0.4, 0.5) is 0 Å². The van der Waals surface area contributed by atoms with Crippen molar-refractivity contribution in [2.75, 3.05) is 13.7 Å². The Morgan fingerprint density at radius 1 is 1.30 bits per heavy atom. The highest BCUT2D eigenvalue weighted by Crippen LogP contribution is 2.21. The summed E-state index contributed by atoms with van der Waals surface area (Å²) in [6.45, 7) is 6.72. The van der Waals surface area contributed by atoms with Gasteiger partial charge in [0.1, 0.15) is 5.75 Å². The summed E-state index contributed by atoms with van der Waals surface area (Å²) in [4.78, 5) is 23.2. The highest BCUT2D eigenvalue weighted by molar-refractivity contribution is 5.88. The molecule has 0 bridgehead atoms. The van der Waals surface area contributed by atoms with Crippen LogP contribution in [-0.2, 0) is 11.2 Å². The summed E-state index contributed by atoms with van der Waals surface area (Å²) in [6, 6.07) is 4.80. The van der Waals surface area contributed by atoms with Crippen LogP contribution in [0.2, 0.25) is 0 Å². The van der Waals surface area contributed by atoms with E-state index in [0.29, 0.717) is 24.6 Å². The van der Waals surface area contributed by atoms with Gasteiger partial charge < -0.3 is 15.2 Å². The quantitative estimate of drug-likeness (QED) is 0.733. The fraction of sp³-hybridized carbons (Fsp3) is 0.556. The number of methoxy groups -OCH3 is 1. The molecule has 0 aliphatic heterocycles. The Balaban J connectivity index is 2.64. The van der Waals surface area contributed by atoms with Crippen molar-refractivity contribution >= 4 is 11.9 Å². The number of hydrogen-bond donors (Lipinski definition) is 2. The second-order valence-corrected chi connectivity index (χ2v) is 6.01. The number of aromatic carboxylic acids is 1. The van der Waals surface area contributed by atoms with Gasteiger partial charge in [-0.25, -0.2) is 4.79 Å². The third-order valence-electron chi connectivity index (χ3n) is 3.97. The minimum atomic E-state index is -0.984. The topological polar surface area (TPSA) is 75.6 Å². The van der Waals surface area contributed by atoms with Crippen LogP contribution in [0.1, 0.15) is 49.5 Å². The molecule has 5 heteroatoms. The van der Waals surface area contributed by atoms with Gasteiger partial charge in [0, 0.05) is 12.5 Å². The fourth-order valence-corrected chi connectivity index (χ4v) is 2.61. The molecule has 0 fully saturated rings. The summed E-state index contributed by atoms with van der Waals surface area (Å²) in [5.74, 6) is -0.00537. The van der Waals surface area contributed by atoms with Gasteiger partial charge in [-0.3, -0.25) is 4.79 Å². The molecule has 0 heterocycles. The highest BCUT2D eigenvalue weighted by Gasteiger charge is 2.20. The van der Waals surface area contributed by atoms with E-state index in [1.54, 1.807) is 12.1 Å². The number of rotatable bonds is 9. The first kappa shape index (κ1) is 19.0. The lowest BCUT2D eigenvalue weighted by atomic mass is 9.90. The van der Waals surface area contributed by atoms with E-state index in [9.17, 15) is 9.59 Å². The molecular formula is C18H27NO4. The first-order valence-corrected chi connectivity index (χ1v) is 8.08. The Hall–Kier alpha value is -2.04. The zero-order valence-electron chi connectivity index (χ0n) is 14.4. The van der Waals surface area contributed by atoms with Crippen molar-refractivity contribution in [1.82, 2.24) is 5.32 Å². The molecule has 0 aliphatic rings. The van der Waals surface area contributed by atoms with Crippen molar-refractivity contribution in [3.8, 4) is 5.75 Å². The number of amides is 1. The van der Waals surface area contributed by atoms with Gasteiger partial charge in [0.05, 0.1) is 12.7 Å². The van der Waals surface area contributed by atoms with Crippen LogP contribution in [-0.4, -0.2) is 30.6 Å². The Labute approximate surface area is 138 Å². The zero-order valence-corrected chi connectivity index (χ0v) is 14.4. The van der Waals surface area contributed by atoms with E-state index in [2.05, 4.69) is 26.1 Å². The van der Waals surface area contributed by atoms with Crippen molar-refractivity contribution in [2.24, 2.45) is 11.8 Å². The van der Waals surface area contributed by atoms with E-state index in [4.69, 9.17) is 9.84 Å².